The molecule has 0 aromatic heterocycles. The van der Waals surface area contributed by atoms with Gasteiger partial charge in [-0.15, -0.1) is 0 Å². The summed E-state index contributed by atoms with van der Waals surface area (Å²) in [5.74, 6) is -0.210. The van der Waals surface area contributed by atoms with Gasteiger partial charge in [0, 0.05) is 0 Å². The van der Waals surface area contributed by atoms with E-state index < -0.39 is 10.8 Å². The van der Waals surface area contributed by atoms with E-state index in [1.165, 1.54) is 0 Å². The second-order valence-corrected chi connectivity index (χ2v) is 3.43. The number of nitriles is 1. The Morgan fingerprint density at radius 3 is 2.64 bits per heavy atom. The second kappa shape index (κ2) is 5.14. The monoisotopic (exact) mass is 219 g/mol. The summed E-state index contributed by atoms with van der Waals surface area (Å²) in [6.45, 7) is 4.23. The summed E-state index contributed by atoms with van der Waals surface area (Å²) in [6, 6.07) is 1.73. The molecule has 0 saturated heterocycles. The number of esters is 1. The summed E-state index contributed by atoms with van der Waals surface area (Å²) in [5.41, 5.74) is 0. The van der Waals surface area contributed by atoms with E-state index in [-0.39, 0.29) is 0 Å². The lowest BCUT2D eigenvalue weighted by Crippen LogP contribution is -2.18. The Labute approximate surface area is 74.5 Å². The van der Waals surface area contributed by atoms with Crippen LogP contribution >= 0.6 is 15.9 Å². The summed E-state index contributed by atoms with van der Waals surface area (Å²) >= 11 is 2.86. The molecule has 0 aliphatic rings. The molecule has 62 valence electrons. The Balaban J connectivity index is 3.63. The molecule has 0 N–H and O–H groups in total. The van der Waals surface area contributed by atoms with Crippen LogP contribution in [0.1, 0.15) is 13.8 Å². The van der Waals surface area contributed by atoms with Crippen molar-refractivity contribution < 1.29 is 9.53 Å². The molecule has 0 heterocycles. The van der Waals surface area contributed by atoms with Gasteiger partial charge in [0.05, 0.1) is 12.7 Å². The fraction of sp³-hybridized carbons (Fsp3) is 0.714. The topological polar surface area (TPSA) is 50.1 Å². The molecular weight excluding hydrogens is 210 g/mol. The molecule has 0 radical (unpaired) electrons. The van der Waals surface area contributed by atoms with Crippen LogP contribution in [0.15, 0.2) is 0 Å². The van der Waals surface area contributed by atoms with Crippen molar-refractivity contribution in [1.29, 1.82) is 5.26 Å². The normalized spacial score (nSPS) is 12.3. The Morgan fingerprint density at radius 2 is 2.27 bits per heavy atom. The number of hydrogen-bond donors (Lipinski definition) is 0. The third-order valence-electron chi connectivity index (χ3n) is 0.879. The lowest BCUT2D eigenvalue weighted by molar-refractivity contribution is -0.142. The van der Waals surface area contributed by atoms with E-state index in [1.54, 1.807) is 6.07 Å². The molecule has 0 amide bonds. The highest BCUT2D eigenvalue weighted by Crippen LogP contribution is 2.02. The summed E-state index contributed by atoms with van der Waals surface area (Å²) in [6.07, 6.45) is 0. The molecule has 0 bridgehead atoms. The van der Waals surface area contributed by atoms with Gasteiger partial charge >= 0.3 is 5.97 Å². The van der Waals surface area contributed by atoms with Crippen LogP contribution in [0.5, 0.6) is 0 Å². The molecule has 1 atom stereocenters. The van der Waals surface area contributed by atoms with Gasteiger partial charge in [0.2, 0.25) is 0 Å². The second-order valence-electron chi connectivity index (χ2n) is 2.52. The van der Waals surface area contributed by atoms with Crippen LogP contribution in [0, 0.1) is 17.2 Å². The molecular formula is C7H10BrNO2. The van der Waals surface area contributed by atoms with Crippen molar-refractivity contribution in [3.05, 3.63) is 0 Å². The standard InChI is InChI=1S/C7H10BrNO2/c1-5(2)4-11-7(10)6(8)3-9/h5-6H,4H2,1-2H3. The molecule has 0 spiro atoms. The van der Waals surface area contributed by atoms with E-state index >= 15 is 0 Å². The summed E-state index contributed by atoms with van der Waals surface area (Å²) in [7, 11) is 0. The Kier molecular flexibility index (Phi) is 4.88. The first-order chi connectivity index (χ1) is 5.07. The highest BCUT2D eigenvalue weighted by Gasteiger charge is 2.14. The Bertz CT molecular complexity index is 174. The van der Waals surface area contributed by atoms with E-state index in [0.29, 0.717) is 12.5 Å². The zero-order chi connectivity index (χ0) is 8.85. The number of alkyl halides is 1. The van der Waals surface area contributed by atoms with Gasteiger partial charge in [0.25, 0.3) is 0 Å². The average Bonchev–Trinajstić information content (AvgIpc) is 1.98. The highest BCUT2D eigenvalue weighted by molar-refractivity contribution is 9.10. The van der Waals surface area contributed by atoms with Gasteiger partial charge in [-0.2, -0.15) is 5.26 Å². The Morgan fingerprint density at radius 1 is 1.73 bits per heavy atom. The zero-order valence-electron chi connectivity index (χ0n) is 6.50. The summed E-state index contributed by atoms with van der Waals surface area (Å²) in [5, 5.41) is 8.27. The maximum absolute atomic E-state index is 10.8. The van der Waals surface area contributed by atoms with Crippen molar-refractivity contribution in [3.8, 4) is 6.07 Å². The van der Waals surface area contributed by atoms with E-state index in [2.05, 4.69) is 15.9 Å². The van der Waals surface area contributed by atoms with Crippen LogP contribution in [0.3, 0.4) is 0 Å². The minimum Gasteiger partial charge on any atom is -0.464 e. The van der Waals surface area contributed by atoms with Crippen LogP contribution in [-0.2, 0) is 9.53 Å². The van der Waals surface area contributed by atoms with Crippen molar-refractivity contribution in [2.75, 3.05) is 6.61 Å². The molecule has 0 aromatic rings. The van der Waals surface area contributed by atoms with Gasteiger partial charge in [-0.05, 0) is 5.92 Å². The van der Waals surface area contributed by atoms with Crippen molar-refractivity contribution in [3.63, 3.8) is 0 Å². The number of carbonyl (C=O) groups excluding carboxylic acids is 1. The number of carbonyl (C=O) groups is 1. The van der Waals surface area contributed by atoms with Gasteiger partial charge in [0.15, 0.2) is 4.83 Å². The number of nitrogens with zero attached hydrogens (tertiary/aromatic N) is 1. The molecule has 0 fully saturated rings. The summed E-state index contributed by atoms with van der Waals surface area (Å²) < 4.78 is 4.75. The summed E-state index contributed by atoms with van der Waals surface area (Å²) in [4.78, 5) is 9.95. The maximum atomic E-state index is 10.8. The maximum Gasteiger partial charge on any atom is 0.334 e. The fourth-order valence-electron chi connectivity index (χ4n) is 0.375. The fourth-order valence-corrected chi connectivity index (χ4v) is 0.507. The molecule has 0 aromatic carbocycles. The molecule has 1 unspecified atom stereocenters. The molecule has 3 nitrogen and oxygen atoms in total. The third kappa shape index (κ3) is 4.79. The first-order valence-corrected chi connectivity index (χ1v) is 4.19. The molecule has 0 rings (SSSR count). The average molecular weight is 220 g/mol. The number of rotatable bonds is 3. The number of ether oxygens (including phenoxy) is 1. The lowest BCUT2D eigenvalue weighted by atomic mass is 10.2. The van der Waals surface area contributed by atoms with Crippen molar-refractivity contribution in [2.24, 2.45) is 5.92 Å². The van der Waals surface area contributed by atoms with Crippen molar-refractivity contribution in [2.45, 2.75) is 18.7 Å². The largest absolute Gasteiger partial charge is 0.464 e. The van der Waals surface area contributed by atoms with Crippen molar-refractivity contribution >= 4 is 21.9 Å². The van der Waals surface area contributed by atoms with Gasteiger partial charge in [0.1, 0.15) is 0 Å². The minimum atomic E-state index is -0.832. The molecule has 0 saturated carbocycles. The number of halogens is 1. The number of hydrogen-bond acceptors (Lipinski definition) is 3. The van der Waals surface area contributed by atoms with Crippen LogP contribution in [0.25, 0.3) is 0 Å². The highest BCUT2D eigenvalue weighted by atomic mass is 79.9. The van der Waals surface area contributed by atoms with E-state index in [4.69, 9.17) is 10.00 Å². The predicted octanol–water partition coefficient (Wildman–Crippen LogP) is 1.47. The van der Waals surface area contributed by atoms with Crippen LogP contribution < -0.4 is 0 Å². The Hall–Kier alpha value is -0.560. The molecule has 4 heteroatoms. The molecule has 11 heavy (non-hydrogen) atoms. The van der Waals surface area contributed by atoms with Gasteiger partial charge < -0.3 is 4.74 Å². The van der Waals surface area contributed by atoms with Gasteiger partial charge in [-0.1, -0.05) is 29.8 Å². The zero-order valence-corrected chi connectivity index (χ0v) is 8.09. The first kappa shape index (κ1) is 10.4. The van der Waals surface area contributed by atoms with E-state index in [0.717, 1.165) is 0 Å². The van der Waals surface area contributed by atoms with E-state index in [9.17, 15) is 4.79 Å². The van der Waals surface area contributed by atoms with Crippen LogP contribution in [0.2, 0.25) is 0 Å². The smallest absolute Gasteiger partial charge is 0.334 e. The van der Waals surface area contributed by atoms with Gasteiger partial charge in [-0.3, -0.25) is 0 Å². The van der Waals surface area contributed by atoms with Crippen LogP contribution in [-0.4, -0.2) is 17.4 Å². The predicted molar refractivity (Wildman–Crippen MR) is 44.1 cm³/mol. The first-order valence-electron chi connectivity index (χ1n) is 3.28. The SMILES string of the molecule is CC(C)COC(=O)C(Br)C#N. The molecule has 0 aliphatic heterocycles. The van der Waals surface area contributed by atoms with E-state index in [1.807, 2.05) is 13.8 Å². The third-order valence-corrected chi connectivity index (χ3v) is 1.46. The van der Waals surface area contributed by atoms with Crippen LogP contribution in [0.4, 0.5) is 0 Å². The lowest BCUT2D eigenvalue weighted by Gasteiger charge is -2.06. The quantitative estimate of drug-likeness (QED) is 0.534. The van der Waals surface area contributed by atoms with Gasteiger partial charge in [-0.25, -0.2) is 4.79 Å². The molecule has 0 aliphatic carbocycles. The minimum absolute atomic E-state index is 0.303. The van der Waals surface area contributed by atoms with Crippen molar-refractivity contribution in [1.82, 2.24) is 0 Å².